The second-order valence-electron chi connectivity index (χ2n) is 5.85. The number of rotatable bonds is 5. The predicted octanol–water partition coefficient (Wildman–Crippen LogP) is 1.87. The fourth-order valence-corrected chi connectivity index (χ4v) is 3.49. The lowest BCUT2D eigenvalue weighted by atomic mass is 9.97. The summed E-state index contributed by atoms with van der Waals surface area (Å²) in [6, 6.07) is 6.70. The van der Waals surface area contributed by atoms with Gasteiger partial charge >= 0.3 is 6.09 Å². The molecule has 0 radical (unpaired) electrons. The van der Waals surface area contributed by atoms with Crippen molar-refractivity contribution in [3.63, 3.8) is 0 Å². The molecule has 2 N–H and O–H groups in total. The molecule has 1 heterocycles. The van der Waals surface area contributed by atoms with Gasteiger partial charge in [-0.05, 0) is 44.0 Å². The van der Waals surface area contributed by atoms with E-state index in [1.165, 1.54) is 10.6 Å². The maximum atomic E-state index is 12.3. The van der Waals surface area contributed by atoms with E-state index in [9.17, 15) is 18.0 Å². The van der Waals surface area contributed by atoms with E-state index in [1.807, 2.05) is 0 Å². The van der Waals surface area contributed by atoms with Crippen LogP contribution in [0.25, 0.3) is 0 Å². The van der Waals surface area contributed by atoms with Crippen LogP contribution in [0.3, 0.4) is 0 Å². The fraction of sp³-hybridized carbons (Fsp3) is 0.500. The molecule has 0 unspecified atom stereocenters. The van der Waals surface area contributed by atoms with Crippen LogP contribution in [0.1, 0.15) is 19.8 Å². The third kappa shape index (κ3) is 5.71. The molecule has 0 spiro atoms. The van der Waals surface area contributed by atoms with Crippen LogP contribution in [-0.2, 0) is 19.6 Å². The van der Waals surface area contributed by atoms with Crippen molar-refractivity contribution < 1.29 is 22.7 Å². The highest BCUT2D eigenvalue weighted by atomic mass is 32.2. The van der Waals surface area contributed by atoms with Gasteiger partial charge in [-0.25, -0.2) is 17.5 Å². The van der Waals surface area contributed by atoms with Crippen LogP contribution in [0, 0.1) is 5.92 Å². The Hall–Kier alpha value is -2.13. The van der Waals surface area contributed by atoms with E-state index < -0.39 is 16.1 Å². The minimum absolute atomic E-state index is 0.126. The van der Waals surface area contributed by atoms with Gasteiger partial charge in [0, 0.05) is 30.4 Å². The molecule has 0 bridgehead atoms. The van der Waals surface area contributed by atoms with E-state index in [0.29, 0.717) is 37.3 Å². The van der Waals surface area contributed by atoms with Crippen LogP contribution in [0.4, 0.5) is 16.2 Å². The molecule has 1 aliphatic rings. The Labute approximate surface area is 147 Å². The summed E-state index contributed by atoms with van der Waals surface area (Å²) in [5.41, 5.74) is 1.18. The Morgan fingerprint density at radius 3 is 2.12 bits per heavy atom. The highest BCUT2D eigenvalue weighted by molar-refractivity contribution is 7.88. The van der Waals surface area contributed by atoms with Gasteiger partial charge in [0.2, 0.25) is 15.9 Å². The number of hydrogen-bond donors (Lipinski definition) is 2. The van der Waals surface area contributed by atoms with Crippen molar-refractivity contribution in [2.24, 2.45) is 5.92 Å². The Bertz CT molecular complexity index is 710. The van der Waals surface area contributed by atoms with Crippen LogP contribution < -0.4 is 10.6 Å². The molecule has 1 aliphatic heterocycles. The molecule has 2 rings (SSSR count). The predicted molar refractivity (Wildman–Crippen MR) is 94.9 cm³/mol. The van der Waals surface area contributed by atoms with Crippen molar-refractivity contribution in [2.75, 3.05) is 36.6 Å². The zero-order valence-corrected chi connectivity index (χ0v) is 15.1. The molecule has 1 aromatic carbocycles. The summed E-state index contributed by atoms with van der Waals surface area (Å²) < 4.78 is 29.2. The largest absolute Gasteiger partial charge is 0.450 e. The highest BCUT2D eigenvalue weighted by Crippen LogP contribution is 2.21. The van der Waals surface area contributed by atoms with Crippen LogP contribution in [0.2, 0.25) is 0 Å². The maximum Gasteiger partial charge on any atom is 0.411 e. The van der Waals surface area contributed by atoms with E-state index in [1.54, 1.807) is 31.2 Å². The summed E-state index contributed by atoms with van der Waals surface area (Å²) in [5.74, 6) is -0.338. The number of carbonyl (C=O) groups is 2. The summed E-state index contributed by atoms with van der Waals surface area (Å²) in [4.78, 5) is 23.6. The first-order chi connectivity index (χ1) is 11.8. The first-order valence-corrected chi connectivity index (χ1v) is 9.94. The number of carbonyl (C=O) groups excluding carboxylic acids is 2. The monoisotopic (exact) mass is 369 g/mol. The number of benzene rings is 1. The minimum atomic E-state index is -3.20. The number of hydrogen-bond acceptors (Lipinski definition) is 5. The average molecular weight is 369 g/mol. The molecule has 1 aromatic rings. The molecule has 25 heavy (non-hydrogen) atoms. The van der Waals surface area contributed by atoms with Gasteiger partial charge in [0.15, 0.2) is 0 Å². The van der Waals surface area contributed by atoms with E-state index in [4.69, 9.17) is 4.74 Å². The molecule has 0 aromatic heterocycles. The molecule has 8 nitrogen and oxygen atoms in total. The van der Waals surface area contributed by atoms with Crippen molar-refractivity contribution >= 4 is 33.4 Å². The standard InChI is InChI=1S/C16H23N3O5S/c1-3-24-16(21)18-14-6-4-13(5-7-14)17-15(20)12-8-10-19(11-9-12)25(2,22)23/h4-7,12H,3,8-11H2,1-2H3,(H,17,20)(H,18,21). The van der Waals surface area contributed by atoms with Crippen molar-refractivity contribution in [3.05, 3.63) is 24.3 Å². The zero-order chi connectivity index (χ0) is 18.4. The van der Waals surface area contributed by atoms with Crippen molar-refractivity contribution in [1.82, 2.24) is 4.31 Å². The first-order valence-electron chi connectivity index (χ1n) is 8.09. The topological polar surface area (TPSA) is 105 Å². The van der Waals surface area contributed by atoms with E-state index in [0.717, 1.165) is 0 Å². The summed E-state index contributed by atoms with van der Waals surface area (Å²) in [5, 5.41) is 5.39. The van der Waals surface area contributed by atoms with Gasteiger partial charge in [0.25, 0.3) is 0 Å². The van der Waals surface area contributed by atoms with Crippen molar-refractivity contribution in [1.29, 1.82) is 0 Å². The number of nitrogens with one attached hydrogen (secondary N) is 2. The second-order valence-corrected chi connectivity index (χ2v) is 7.83. The maximum absolute atomic E-state index is 12.3. The van der Waals surface area contributed by atoms with Crippen LogP contribution in [0.5, 0.6) is 0 Å². The van der Waals surface area contributed by atoms with Gasteiger partial charge in [0.05, 0.1) is 12.9 Å². The van der Waals surface area contributed by atoms with E-state index >= 15 is 0 Å². The smallest absolute Gasteiger partial charge is 0.411 e. The number of sulfonamides is 1. The van der Waals surface area contributed by atoms with Gasteiger partial charge < -0.3 is 10.1 Å². The normalized spacial score (nSPS) is 16.2. The van der Waals surface area contributed by atoms with Gasteiger partial charge in [-0.3, -0.25) is 10.1 Å². The molecule has 0 saturated carbocycles. The quantitative estimate of drug-likeness (QED) is 0.824. The molecule has 0 aliphatic carbocycles. The SMILES string of the molecule is CCOC(=O)Nc1ccc(NC(=O)C2CCN(S(C)(=O)=O)CC2)cc1. The molecule has 1 saturated heterocycles. The molecule has 1 fully saturated rings. The third-order valence-electron chi connectivity index (χ3n) is 3.97. The number of anilines is 2. The number of ether oxygens (including phenoxy) is 1. The number of amides is 2. The second kappa shape index (κ2) is 8.30. The zero-order valence-electron chi connectivity index (χ0n) is 14.3. The van der Waals surface area contributed by atoms with Crippen LogP contribution >= 0.6 is 0 Å². The lowest BCUT2D eigenvalue weighted by molar-refractivity contribution is -0.120. The van der Waals surface area contributed by atoms with Crippen LogP contribution in [-0.4, -0.2) is 50.7 Å². The molecule has 138 valence electrons. The molecular weight excluding hydrogens is 346 g/mol. The number of nitrogens with zero attached hydrogens (tertiary/aromatic N) is 1. The summed E-state index contributed by atoms with van der Waals surface area (Å²) >= 11 is 0. The van der Waals surface area contributed by atoms with E-state index in [-0.39, 0.29) is 18.4 Å². The Balaban J connectivity index is 1.86. The molecular formula is C16H23N3O5S. The number of piperidine rings is 1. The van der Waals surface area contributed by atoms with Gasteiger partial charge in [-0.2, -0.15) is 0 Å². The van der Waals surface area contributed by atoms with Crippen molar-refractivity contribution in [3.8, 4) is 0 Å². The molecule has 2 amide bonds. The molecule has 0 atom stereocenters. The summed E-state index contributed by atoms with van der Waals surface area (Å²) in [6.07, 6.45) is 1.65. The Morgan fingerprint density at radius 1 is 1.12 bits per heavy atom. The average Bonchev–Trinajstić information content (AvgIpc) is 2.56. The van der Waals surface area contributed by atoms with Gasteiger partial charge in [-0.1, -0.05) is 0 Å². The van der Waals surface area contributed by atoms with Gasteiger partial charge in [0.1, 0.15) is 0 Å². The lowest BCUT2D eigenvalue weighted by Gasteiger charge is -2.29. The third-order valence-corrected chi connectivity index (χ3v) is 5.27. The first kappa shape index (κ1) is 19.2. The summed E-state index contributed by atoms with van der Waals surface area (Å²) in [6.45, 7) is 2.73. The fourth-order valence-electron chi connectivity index (χ4n) is 2.62. The summed E-state index contributed by atoms with van der Waals surface area (Å²) in [7, 11) is -3.20. The lowest BCUT2D eigenvalue weighted by Crippen LogP contribution is -2.40. The van der Waals surface area contributed by atoms with Crippen LogP contribution in [0.15, 0.2) is 24.3 Å². The van der Waals surface area contributed by atoms with Gasteiger partial charge in [-0.15, -0.1) is 0 Å². The Kier molecular flexibility index (Phi) is 6.38. The Morgan fingerprint density at radius 2 is 1.64 bits per heavy atom. The molecule has 9 heteroatoms. The van der Waals surface area contributed by atoms with E-state index in [2.05, 4.69) is 10.6 Å². The van der Waals surface area contributed by atoms with Crippen molar-refractivity contribution in [2.45, 2.75) is 19.8 Å². The minimum Gasteiger partial charge on any atom is -0.450 e. The highest BCUT2D eigenvalue weighted by Gasteiger charge is 2.28.